The largest absolute Gasteiger partial charge is 0.384 e. The third-order valence-electron chi connectivity index (χ3n) is 2.81. The van der Waals surface area contributed by atoms with Crippen molar-refractivity contribution >= 4 is 17.2 Å². The summed E-state index contributed by atoms with van der Waals surface area (Å²) in [6, 6.07) is 11.0. The van der Waals surface area contributed by atoms with Gasteiger partial charge in [0.05, 0.1) is 0 Å². The molecule has 19 heavy (non-hydrogen) atoms. The molecule has 0 unspecified atom stereocenters. The lowest BCUT2D eigenvalue weighted by Crippen LogP contribution is -2.16. The van der Waals surface area contributed by atoms with E-state index >= 15 is 0 Å². The third-order valence-corrected chi connectivity index (χ3v) is 2.81. The monoisotopic (exact) mass is 261 g/mol. The van der Waals surface area contributed by atoms with Crippen LogP contribution in [0.25, 0.3) is 0 Å². The van der Waals surface area contributed by atoms with Gasteiger partial charge in [-0.25, -0.2) is 8.78 Å². The topological polar surface area (TPSA) is 53.1 Å². The quantitative estimate of drug-likeness (QED) is 0.659. The maximum absolute atomic E-state index is 14.0. The van der Waals surface area contributed by atoms with Gasteiger partial charge in [-0.05, 0) is 24.3 Å². The van der Waals surface area contributed by atoms with E-state index in [-0.39, 0.29) is 17.1 Å². The average molecular weight is 261 g/mol. The first kappa shape index (κ1) is 13.0. The number of amidine groups is 1. The molecule has 0 saturated heterocycles. The van der Waals surface area contributed by atoms with Crippen LogP contribution < -0.4 is 10.6 Å². The first-order valence-electron chi connectivity index (χ1n) is 5.63. The van der Waals surface area contributed by atoms with Gasteiger partial charge in [0, 0.05) is 18.3 Å². The van der Waals surface area contributed by atoms with Crippen molar-refractivity contribution in [1.29, 1.82) is 5.41 Å². The summed E-state index contributed by atoms with van der Waals surface area (Å²) in [4.78, 5) is 1.41. The zero-order chi connectivity index (χ0) is 14.0. The van der Waals surface area contributed by atoms with Crippen LogP contribution in [0.1, 0.15) is 5.56 Å². The van der Waals surface area contributed by atoms with Crippen LogP contribution in [0.4, 0.5) is 20.2 Å². The Kier molecular flexibility index (Phi) is 3.46. The van der Waals surface area contributed by atoms with Crippen molar-refractivity contribution < 1.29 is 8.78 Å². The Balaban J connectivity index is 2.49. The van der Waals surface area contributed by atoms with E-state index < -0.39 is 11.6 Å². The number of anilines is 2. The number of rotatable bonds is 3. The molecule has 0 atom stereocenters. The minimum atomic E-state index is -0.753. The molecule has 0 radical (unpaired) electrons. The fourth-order valence-electron chi connectivity index (χ4n) is 1.82. The van der Waals surface area contributed by atoms with E-state index in [2.05, 4.69) is 0 Å². The van der Waals surface area contributed by atoms with Crippen LogP contribution in [0.3, 0.4) is 0 Å². The summed E-state index contributed by atoms with van der Waals surface area (Å²) in [6.07, 6.45) is 0. The summed E-state index contributed by atoms with van der Waals surface area (Å²) in [5.41, 5.74) is 5.75. The summed E-state index contributed by atoms with van der Waals surface area (Å²) >= 11 is 0. The highest BCUT2D eigenvalue weighted by Crippen LogP contribution is 2.29. The van der Waals surface area contributed by atoms with Gasteiger partial charge in [0.15, 0.2) is 11.6 Å². The summed E-state index contributed by atoms with van der Waals surface area (Å²) < 4.78 is 27.9. The van der Waals surface area contributed by atoms with E-state index in [0.29, 0.717) is 5.69 Å². The minimum Gasteiger partial charge on any atom is -0.384 e. The number of hydrogen-bond donors (Lipinski definition) is 2. The fourth-order valence-corrected chi connectivity index (χ4v) is 1.82. The standard InChI is InChI=1S/C14H13F2N3/c1-19(10-5-3-2-4-6-10)13-11(15)7-9(14(17)18)8-12(13)16/h2-8H,1H3,(H3,17,18). The van der Waals surface area contributed by atoms with Crippen LogP contribution in [-0.4, -0.2) is 12.9 Å². The Bertz CT molecular complexity index is 588. The summed E-state index contributed by atoms with van der Waals surface area (Å²) in [6.45, 7) is 0. The Morgan fingerprint density at radius 3 is 2.11 bits per heavy atom. The van der Waals surface area contributed by atoms with Gasteiger partial charge in [0.1, 0.15) is 11.5 Å². The number of halogens is 2. The van der Waals surface area contributed by atoms with Gasteiger partial charge in [0.25, 0.3) is 0 Å². The second-order valence-electron chi connectivity index (χ2n) is 4.10. The van der Waals surface area contributed by atoms with E-state index in [1.54, 1.807) is 31.3 Å². The normalized spacial score (nSPS) is 10.3. The van der Waals surface area contributed by atoms with Crippen molar-refractivity contribution in [2.24, 2.45) is 5.73 Å². The second kappa shape index (κ2) is 5.06. The molecular formula is C14H13F2N3. The summed E-state index contributed by atoms with van der Waals surface area (Å²) in [7, 11) is 1.57. The Hall–Kier alpha value is -2.43. The molecule has 5 heteroatoms. The van der Waals surface area contributed by atoms with Gasteiger partial charge in [-0.2, -0.15) is 0 Å². The van der Waals surface area contributed by atoms with Crippen molar-refractivity contribution in [3.63, 3.8) is 0 Å². The van der Waals surface area contributed by atoms with Gasteiger partial charge in [0.2, 0.25) is 0 Å². The van der Waals surface area contributed by atoms with Crippen LogP contribution in [0.15, 0.2) is 42.5 Å². The first-order chi connectivity index (χ1) is 9.00. The van der Waals surface area contributed by atoms with E-state index in [9.17, 15) is 8.78 Å². The molecule has 0 spiro atoms. The van der Waals surface area contributed by atoms with Crippen LogP contribution in [0.2, 0.25) is 0 Å². The van der Waals surface area contributed by atoms with Gasteiger partial charge in [-0.3, -0.25) is 5.41 Å². The maximum Gasteiger partial charge on any atom is 0.150 e. The highest BCUT2D eigenvalue weighted by atomic mass is 19.1. The van der Waals surface area contributed by atoms with Crippen molar-refractivity contribution in [1.82, 2.24) is 0 Å². The molecule has 0 fully saturated rings. The number of benzene rings is 2. The Labute approximate surface area is 109 Å². The Morgan fingerprint density at radius 2 is 1.63 bits per heavy atom. The second-order valence-corrected chi connectivity index (χ2v) is 4.10. The van der Waals surface area contributed by atoms with Gasteiger partial charge in [-0.15, -0.1) is 0 Å². The van der Waals surface area contributed by atoms with Gasteiger partial charge in [-0.1, -0.05) is 18.2 Å². The predicted molar refractivity (Wildman–Crippen MR) is 71.9 cm³/mol. The molecule has 98 valence electrons. The van der Waals surface area contributed by atoms with Crippen molar-refractivity contribution in [2.45, 2.75) is 0 Å². The molecule has 0 heterocycles. The van der Waals surface area contributed by atoms with Crippen molar-refractivity contribution in [2.75, 3.05) is 11.9 Å². The molecular weight excluding hydrogens is 248 g/mol. The molecule has 3 nitrogen and oxygen atoms in total. The first-order valence-corrected chi connectivity index (χ1v) is 5.63. The molecule has 0 saturated carbocycles. The van der Waals surface area contributed by atoms with Gasteiger partial charge < -0.3 is 10.6 Å². The smallest absolute Gasteiger partial charge is 0.150 e. The molecule has 3 N–H and O–H groups in total. The Morgan fingerprint density at radius 1 is 1.11 bits per heavy atom. The molecule has 0 bridgehead atoms. The lowest BCUT2D eigenvalue weighted by molar-refractivity contribution is 0.583. The third kappa shape index (κ3) is 2.54. The molecule has 2 rings (SSSR count). The zero-order valence-electron chi connectivity index (χ0n) is 10.3. The SMILES string of the molecule is CN(c1ccccc1)c1c(F)cc(C(=N)N)cc1F. The van der Waals surface area contributed by atoms with E-state index in [4.69, 9.17) is 11.1 Å². The van der Waals surface area contributed by atoms with E-state index in [1.165, 1.54) is 4.90 Å². The average Bonchev–Trinajstić information content (AvgIpc) is 2.38. The van der Waals surface area contributed by atoms with Crippen LogP contribution in [0, 0.1) is 17.0 Å². The molecule has 0 aromatic heterocycles. The number of nitrogens with one attached hydrogen (secondary N) is 1. The number of nitrogens with two attached hydrogens (primary N) is 1. The van der Waals surface area contributed by atoms with Crippen LogP contribution in [-0.2, 0) is 0 Å². The molecule has 0 aliphatic heterocycles. The number of nitrogen functional groups attached to an aromatic ring is 1. The highest BCUT2D eigenvalue weighted by Gasteiger charge is 2.17. The van der Waals surface area contributed by atoms with Gasteiger partial charge >= 0.3 is 0 Å². The summed E-state index contributed by atoms with van der Waals surface area (Å²) in [5.74, 6) is -1.88. The lowest BCUT2D eigenvalue weighted by atomic mass is 10.1. The van der Waals surface area contributed by atoms with E-state index in [1.807, 2.05) is 6.07 Å². The predicted octanol–water partition coefficient (Wildman–Crippen LogP) is 3.02. The number of hydrogen-bond acceptors (Lipinski definition) is 2. The number of para-hydroxylation sites is 1. The van der Waals surface area contributed by atoms with Crippen molar-refractivity contribution in [3.8, 4) is 0 Å². The zero-order valence-corrected chi connectivity index (χ0v) is 10.3. The minimum absolute atomic E-state index is 0.0280. The lowest BCUT2D eigenvalue weighted by Gasteiger charge is -2.21. The molecule has 0 aliphatic carbocycles. The molecule has 0 aliphatic rings. The van der Waals surface area contributed by atoms with Crippen LogP contribution >= 0.6 is 0 Å². The summed E-state index contributed by atoms with van der Waals surface area (Å²) in [5, 5.41) is 7.20. The van der Waals surface area contributed by atoms with Crippen molar-refractivity contribution in [3.05, 3.63) is 59.7 Å². The van der Waals surface area contributed by atoms with Crippen LogP contribution in [0.5, 0.6) is 0 Å². The number of nitrogens with zero attached hydrogens (tertiary/aromatic N) is 1. The molecule has 2 aromatic carbocycles. The fraction of sp³-hybridized carbons (Fsp3) is 0.0714. The molecule has 0 amide bonds. The van der Waals surface area contributed by atoms with E-state index in [0.717, 1.165) is 12.1 Å². The molecule has 2 aromatic rings. The highest BCUT2D eigenvalue weighted by molar-refractivity contribution is 5.95. The maximum atomic E-state index is 14.0.